The smallest absolute Gasteiger partial charge is 0.306 e. The largest absolute Gasteiger partial charge is 0.462 e. The van der Waals surface area contributed by atoms with Crippen LogP contribution in [0.2, 0.25) is 0 Å². The van der Waals surface area contributed by atoms with Gasteiger partial charge in [0.2, 0.25) is 0 Å². The molecule has 0 unspecified atom stereocenters. The van der Waals surface area contributed by atoms with Crippen molar-refractivity contribution >= 4 is 11.9 Å². The lowest BCUT2D eigenvalue weighted by Crippen LogP contribution is -2.28. The van der Waals surface area contributed by atoms with Gasteiger partial charge in [-0.3, -0.25) is 9.59 Å². The molecule has 5 heteroatoms. The third-order valence-corrected chi connectivity index (χ3v) is 7.64. The Morgan fingerprint density at radius 3 is 1.48 bits per heavy atom. The van der Waals surface area contributed by atoms with E-state index < -0.39 is 6.10 Å². The van der Waals surface area contributed by atoms with Gasteiger partial charge >= 0.3 is 11.9 Å². The first-order chi connectivity index (χ1) is 21.6. The van der Waals surface area contributed by atoms with Gasteiger partial charge in [0.25, 0.3) is 0 Å². The molecule has 0 spiro atoms. The predicted octanol–water partition coefficient (Wildman–Crippen LogP) is 11.1. The maximum absolute atomic E-state index is 12.1. The van der Waals surface area contributed by atoms with Crippen LogP contribution in [0, 0.1) is 0 Å². The Labute approximate surface area is 271 Å². The first kappa shape index (κ1) is 41.9. The second kappa shape index (κ2) is 35.3. The van der Waals surface area contributed by atoms with E-state index in [1.165, 1.54) is 77.0 Å². The molecule has 0 amide bonds. The first-order valence-electron chi connectivity index (χ1n) is 18.2. The number of hydrogen-bond acceptors (Lipinski definition) is 5. The fraction of sp³-hybridized carbons (Fsp3) is 0.744. The van der Waals surface area contributed by atoms with Crippen molar-refractivity contribution < 1.29 is 24.2 Å². The molecule has 0 bridgehead atoms. The van der Waals surface area contributed by atoms with Gasteiger partial charge in [0.05, 0.1) is 6.61 Å². The van der Waals surface area contributed by atoms with Crippen molar-refractivity contribution in [2.75, 3.05) is 13.2 Å². The van der Waals surface area contributed by atoms with E-state index >= 15 is 0 Å². The lowest BCUT2D eigenvalue weighted by molar-refractivity contribution is -0.161. The predicted molar refractivity (Wildman–Crippen MR) is 187 cm³/mol. The van der Waals surface area contributed by atoms with Crippen LogP contribution in [0.3, 0.4) is 0 Å². The minimum atomic E-state index is -0.790. The average Bonchev–Trinajstić information content (AvgIpc) is 3.02. The zero-order valence-corrected chi connectivity index (χ0v) is 28.7. The van der Waals surface area contributed by atoms with E-state index in [0.717, 1.165) is 64.2 Å². The van der Waals surface area contributed by atoms with Crippen molar-refractivity contribution in [3.8, 4) is 0 Å². The quantitative estimate of drug-likeness (QED) is 0.0462. The van der Waals surface area contributed by atoms with Gasteiger partial charge in [0, 0.05) is 12.8 Å². The van der Waals surface area contributed by atoms with Gasteiger partial charge in [-0.25, -0.2) is 0 Å². The minimum absolute atomic E-state index is 0.0816. The summed E-state index contributed by atoms with van der Waals surface area (Å²) >= 11 is 0. The minimum Gasteiger partial charge on any atom is -0.462 e. The van der Waals surface area contributed by atoms with Gasteiger partial charge in [0.15, 0.2) is 6.10 Å². The van der Waals surface area contributed by atoms with Crippen molar-refractivity contribution in [2.24, 2.45) is 0 Å². The van der Waals surface area contributed by atoms with E-state index in [2.05, 4.69) is 62.5 Å². The number of aliphatic hydroxyl groups excluding tert-OH is 1. The zero-order valence-electron chi connectivity index (χ0n) is 28.7. The van der Waals surface area contributed by atoms with E-state index in [1.807, 2.05) is 0 Å². The summed E-state index contributed by atoms with van der Waals surface area (Å²) in [7, 11) is 0. The molecule has 0 saturated carbocycles. The van der Waals surface area contributed by atoms with Crippen LogP contribution in [0.1, 0.15) is 168 Å². The fourth-order valence-corrected chi connectivity index (χ4v) is 4.90. The highest BCUT2D eigenvalue weighted by atomic mass is 16.6. The van der Waals surface area contributed by atoms with Gasteiger partial charge in [-0.15, -0.1) is 0 Å². The molecule has 0 aromatic rings. The number of unbranched alkanes of at least 4 members (excludes halogenated alkanes) is 16. The summed E-state index contributed by atoms with van der Waals surface area (Å²) < 4.78 is 10.5. The molecule has 0 heterocycles. The highest BCUT2D eigenvalue weighted by Crippen LogP contribution is 2.14. The molecule has 0 aliphatic carbocycles. The fourth-order valence-electron chi connectivity index (χ4n) is 4.90. The summed E-state index contributed by atoms with van der Waals surface area (Å²) in [5.41, 5.74) is 0. The van der Waals surface area contributed by atoms with E-state index in [9.17, 15) is 14.7 Å². The number of rotatable bonds is 32. The van der Waals surface area contributed by atoms with Crippen LogP contribution in [0.25, 0.3) is 0 Å². The van der Waals surface area contributed by atoms with Crippen LogP contribution in [0.4, 0.5) is 0 Å². The second-order valence-corrected chi connectivity index (χ2v) is 11.9. The number of carbonyl (C=O) groups is 2. The maximum Gasteiger partial charge on any atom is 0.306 e. The van der Waals surface area contributed by atoms with Crippen molar-refractivity contribution in [3.05, 3.63) is 48.6 Å². The molecular formula is C39H68O5. The molecule has 0 radical (unpaired) electrons. The Morgan fingerprint density at radius 1 is 0.545 bits per heavy atom. The van der Waals surface area contributed by atoms with Gasteiger partial charge in [-0.1, -0.05) is 152 Å². The SMILES string of the molecule is CCC=CCC=CCC=CCC=CCCCCC(=O)O[C@@H](CO)COC(=O)CCCCCCCCCCCCCCCCC. The van der Waals surface area contributed by atoms with Crippen LogP contribution in [-0.2, 0) is 19.1 Å². The number of esters is 2. The van der Waals surface area contributed by atoms with Crippen molar-refractivity contribution in [1.82, 2.24) is 0 Å². The van der Waals surface area contributed by atoms with Crippen LogP contribution in [0.5, 0.6) is 0 Å². The number of allylic oxidation sites excluding steroid dienone is 8. The first-order valence-corrected chi connectivity index (χ1v) is 18.2. The van der Waals surface area contributed by atoms with Crippen LogP contribution in [0.15, 0.2) is 48.6 Å². The Morgan fingerprint density at radius 2 is 0.977 bits per heavy atom. The average molecular weight is 617 g/mol. The topological polar surface area (TPSA) is 72.8 Å². The van der Waals surface area contributed by atoms with Gasteiger partial charge in [-0.05, 0) is 51.4 Å². The summed E-state index contributed by atoms with van der Waals surface area (Å²) in [6, 6.07) is 0. The summed E-state index contributed by atoms with van der Waals surface area (Å²) in [6.45, 7) is 3.98. The summed E-state index contributed by atoms with van der Waals surface area (Å²) in [5.74, 6) is -0.639. The molecule has 1 atom stereocenters. The molecule has 254 valence electrons. The number of aliphatic hydroxyl groups is 1. The lowest BCUT2D eigenvalue weighted by atomic mass is 10.0. The third kappa shape index (κ3) is 32.8. The number of ether oxygens (including phenoxy) is 2. The molecular weight excluding hydrogens is 548 g/mol. The summed E-state index contributed by atoms with van der Waals surface area (Å²) in [5, 5.41) is 9.52. The third-order valence-electron chi connectivity index (χ3n) is 7.64. The van der Waals surface area contributed by atoms with E-state index in [4.69, 9.17) is 9.47 Å². The lowest BCUT2D eigenvalue weighted by Gasteiger charge is -2.15. The van der Waals surface area contributed by atoms with Crippen LogP contribution >= 0.6 is 0 Å². The molecule has 0 fully saturated rings. The standard InChI is InChI=1S/C39H68O5/c1-3-5-7-9-11-13-15-17-19-21-23-25-27-29-31-33-38(41)43-36-37(35-40)44-39(42)34-32-30-28-26-24-22-20-18-16-14-12-10-8-6-4-2/h6,8,12,14,18,20,24,26,37,40H,3-5,7,9-11,13,15-17,19,21-23,25,27-36H2,1-2H3/t37-/m0/s1. The van der Waals surface area contributed by atoms with Crippen molar-refractivity contribution in [1.29, 1.82) is 0 Å². The molecule has 0 aliphatic heterocycles. The monoisotopic (exact) mass is 617 g/mol. The second-order valence-electron chi connectivity index (χ2n) is 11.9. The highest BCUT2D eigenvalue weighted by molar-refractivity contribution is 5.70. The number of hydrogen-bond donors (Lipinski definition) is 1. The summed E-state index contributed by atoms with van der Waals surface area (Å²) in [6.07, 6.45) is 43.1. The number of carbonyl (C=O) groups excluding carboxylic acids is 2. The highest BCUT2D eigenvalue weighted by Gasteiger charge is 2.16. The van der Waals surface area contributed by atoms with Gasteiger partial charge in [0.1, 0.15) is 6.61 Å². The van der Waals surface area contributed by atoms with Crippen molar-refractivity contribution in [2.45, 2.75) is 174 Å². The Bertz CT molecular complexity index is 752. The molecule has 0 aromatic carbocycles. The molecule has 44 heavy (non-hydrogen) atoms. The maximum atomic E-state index is 12.1. The zero-order chi connectivity index (χ0) is 32.2. The normalized spacial score (nSPS) is 12.7. The van der Waals surface area contributed by atoms with Crippen LogP contribution in [-0.4, -0.2) is 36.4 Å². The van der Waals surface area contributed by atoms with E-state index in [-0.39, 0.29) is 25.2 Å². The Hall–Kier alpha value is -2.14. The molecule has 5 nitrogen and oxygen atoms in total. The van der Waals surface area contributed by atoms with Gasteiger partial charge < -0.3 is 14.6 Å². The molecule has 0 saturated heterocycles. The Balaban J connectivity index is 3.64. The van der Waals surface area contributed by atoms with E-state index in [0.29, 0.717) is 12.8 Å². The van der Waals surface area contributed by atoms with E-state index in [1.54, 1.807) is 0 Å². The van der Waals surface area contributed by atoms with Crippen LogP contribution < -0.4 is 0 Å². The molecule has 0 aliphatic rings. The molecule has 0 aromatic heterocycles. The van der Waals surface area contributed by atoms with Crippen molar-refractivity contribution in [3.63, 3.8) is 0 Å². The summed E-state index contributed by atoms with van der Waals surface area (Å²) in [4.78, 5) is 24.2. The Kier molecular flexibility index (Phi) is 33.6. The molecule has 0 rings (SSSR count). The van der Waals surface area contributed by atoms with Gasteiger partial charge in [-0.2, -0.15) is 0 Å². The molecule has 1 N–H and O–H groups in total.